The third-order valence-electron chi connectivity index (χ3n) is 10.3. The smallest absolute Gasteiger partial charge is 0.410 e. The standard InChI is InChI=1S/C40H50FN5O7/c1-39(2,3)53-37(50)43-32-18-11-6-4-5-10-16-28-22-40(28,36(49)42-20-19-26-13-8-7-9-14-26)44-34(47)33-21-29(24-46(33)35(32)48)52-38(51)45-23-27-15-12-17-31(41)30(27)25-45/h7-10,12-17,28-29,32-33H,4-6,11,18-25H2,1-3H3,(H,42,49)(H,43,50)(H,44,47)/t28?,29?,32?,33-,40?/m0/s1. The van der Waals surface area contributed by atoms with Crippen molar-refractivity contribution in [3.8, 4) is 0 Å². The highest BCUT2D eigenvalue weighted by Gasteiger charge is 2.61. The lowest BCUT2D eigenvalue weighted by molar-refractivity contribution is -0.141. The number of benzene rings is 2. The lowest BCUT2D eigenvalue weighted by Gasteiger charge is -2.30. The number of ether oxygens (including phenoxy) is 2. The number of nitrogens with zero attached hydrogens (tertiary/aromatic N) is 2. The van der Waals surface area contributed by atoms with Crippen LogP contribution in [-0.2, 0) is 43.4 Å². The SMILES string of the molecule is CC(C)(C)OC(=O)NC1CCCCCC=CC2CC2(C(=O)NCCc2ccccc2)NC(=O)[C@@H]2CC(OC(=O)N3Cc4cccc(F)c4C3)CN2C1=O. The highest BCUT2D eigenvalue weighted by Crippen LogP contribution is 2.45. The molecule has 5 atom stereocenters. The zero-order chi connectivity index (χ0) is 37.8. The summed E-state index contributed by atoms with van der Waals surface area (Å²) in [4.78, 5) is 71.5. The summed E-state index contributed by atoms with van der Waals surface area (Å²) in [6.07, 6.45) is 6.05. The van der Waals surface area contributed by atoms with E-state index in [1.807, 2.05) is 42.5 Å². The molecule has 3 N–H and O–H groups in total. The van der Waals surface area contributed by atoms with Crippen LogP contribution in [-0.4, -0.2) is 82.1 Å². The maximum atomic E-state index is 14.4. The number of carbonyl (C=O) groups is 5. The molecule has 2 aromatic rings. The number of nitrogens with one attached hydrogen (secondary N) is 3. The van der Waals surface area contributed by atoms with Gasteiger partial charge in [0.25, 0.3) is 0 Å². The summed E-state index contributed by atoms with van der Waals surface area (Å²) in [5.41, 5.74) is 0.181. The summed E-state index contributed by atoms with van der Waals surface area (Å²) in [5.74, 6) is -1.99. The molecule has 1 aliphatic carbocycles. The van der Waals surface area contributed by atoms with E-state index in [-0.39, 0.29) is 37.9 Å². The van der Waals surface area contributed by atoms with Crippen LogP contribution >= 0.6 is 0 Å². The number of rotatable bonds is 6. The van der Waals surface area contributed by atoms with Crippen LogP contribution in [0.3, 0.4) is 0 Å². The Balaban J connectivity index is 1.22. The molecule has 1 saturated carbocycles. The molecule has 5 amide bonds. The maximum absolute atomic E-state index is 14.4. The summed E-state index contributed by atoms with van der Waals surface area (Å²) in [6.45, 7) is 5.66. The molecule has 12 nitrogen and oxygen atoms in total. The molecule has 2 fully saturated rings. The van der Waals surface area contributed by atoms with E-state index in [4.69, 9.17) is 9.47 Å². The number of amides is 5. The molecule has 0 aromatic heterocycles. The number of carbonyl (C=O) groups excluding carboxylic acids is 5. The van der Waals surface area contributed by atoms with E-state index in [0.717, 1.165) is 24.8 Å². The second kappa shape index (κ2) is 16.0. The van der Waals surface area contributed by atoms with Gasteiger partial charge in [0.2, 0.25) is 17.7 Å². The van der Waals surface area contributed by atoms with Gasteiger partial charge < -0.3 is 30.3 Å². The van der Waals surface area contributed by atoms with Crippen LogP contribution < -0.4 is 16.0 Å². The van der Waals surface area contributed by atoms with Gasteiger partial charge in [0, 0.05) is 31.0 Å². The van der Waals surface area contributed by atoms with Crippen molar-refractivity contribution in [2.24, 2.45) is 5.92 Å². The Morgan fingerprint density at radius 2 is 1.81 bits per heavy atom. The van der Waals surface area contributed by atoms with Gasteiger partial charge in [-0.1, -0.05) is 67.5 Å². The highest BCUT2D eigenvalue weighted by molar-refractivity contribution is 5.98. The van der Waals surface area contributed by atoms with E-state index in [1.54, 1.807) is 32.9 Å². The quantitative estimate of drug-likeness (QED) is 0.359. The number of fused-ring (bicyclic) bond motifs is 3. The molecule has 0 radical (unpaired) electrons. The minimum Gasteiger partial charge on any atom is -0.444 e. The molecule has 6 rings (SSSR count). The molecule has 53 heavy (non-hydrogen) atoms. The fourth-order valence-electron chi connectivity index (χ4n) is 7.47. The topological polar surface area (TPSA) is 146 Å². The third kappa shape index (κ3) is 9.17. The van der Waals surface area contributed by atoms with Crippen LogP contribution in [0.15, 0.2) is 60.7 Å². The molecular weight excluding hydrogens is 681 g/mol. The maximum Gasteiger partial charge on any atom is 0.410 e. The third-order valence-corrected chi connectivity index (χ3v) is 10.3. The number of hydrogen-bond acceptors (Lipinski definition) is 7. The van der Waals surface area contributed by atoms with Gasteiger partial charge in [0.1, 0.15) is 35.1 Å². The van der Waals surface area contributed by atoms with Gasteiger partial charge in [-0.3, -0.25) is 19.3 Å². The molecule has 3 aliphatic heterocycles. The molecule has 0 bridgehead atoms. The molecule has 3 heterocycles. The Morgan fingerprint density at radius 3 is 2.57 bits per heavy atom. The van der Waals surface area contributed by atoms with Crippen molar-refractivity contribution in [2.75, 3.05) is 13.1 Å². The van der Waals surface area contributed by atoms with Crippen molar-refractivity contribution >= 4 is 29.9 Å². The fourth-order valence-corrected chi connectivity index (χ4v) is 7.47. The van der Waals surface area contributed by atoms with Crippen molar-refractivity contribution in [1.82, 2.24) is 25.8 Å². The van der Waals surface area contributed by atoms with Gasteiger partial charge in [-0.25, -0.2) is 14.0 Å². The van der Waals surface area contributed by atoms with Crippen LogP contribution in [0.25, 0.3) is 0 Å². The lowest BCUT2D eigenvalue weighted by Crippen LogP contribution is -2.58. The molecule has 284 valence electrons. The first kappa shape index (κ1) is 37.8. The van der Waals surface area contributed by atoms with Crippen LogP contribution in [0.5, 0.6) is 0 Å². The van der Waals surface area contributed by atoms with Gasteiger partial charge >= 0.3 is 12.2 Å². The predicted octanol–water partition coefficient (Wildman–Crippen LogP) is 4.89. The molecule has 2 aromatic carbocycles. The summed E-state index contributed by atoms with van der Waals surface area (Å²) < 4.78 is 25.8. The second-order valence-electron chi connectivity index (χ2n) is 15.5. The van der Waals surface area contributed by atoms with Gasteiger partial charge in [-0.05, 0) is 70.1 Å². The number of allylic oxidation sites excluding steroid dienone is 1. The van der Waals surface area contributed by atoms with Gasteiger partial charge in [-0.2, -0.15) is 0 Å². The van der Waals surface area contributed by atoms with Crippen LogP contribution in [0.1, 0.15) is 82.4 Å². The van der Waals surface area contributed by atoms with E-state index in [9.17, 15) is 28.4 Å². The van der Waals surface area contributed by atoms with E-state index in [2.05, 4.69) is 16.0 Å². The van der Waals surface area contributed by atoms with Gasteiger partial charge in [-0.15, -0.1) is 0 Å². The number of halogens is 1. The van der Waals surface area contributed by atoms with Crippen molar-refractivity contribution in [3.05, 3.63) is 83.2 Å². The minimum absolute atomic E-state index is 0.0240. The van der Waals surface area contributed by atoms with Gasteiger partial charge in [0.05, 0.1) is 13.1 Å². The number of hydrogen-bond donors (Lipinski definition) is 3. The molecule has 4 aliphatic rings. The Labute approximate surface area is 309 Å². The molecular formula is C40H50FN5O7. The molecule has 13 heteroatoms. The monoisotopic (exact) mass is 731 g/mol. The van der Waals surface area contributed by atoms with Crippen LogP contribution in [0.4, 0.5) is 14.0 Å². The van der Waals surface area contributed by atoms with Crippen molar-refractivity contribution in [1.29, 1.82) is 0 Å². The summed E-state index contributed by atoms with van der Waals surface area (Å²) in [6, 6.07) is 12.4. The van der Waals surface area contributed by atoms with E-state index >= 15 is 0 Å². The number of alkyl carbamates (subject to hydrolysis) is 1. The largest absolute Gasteiger partial charge is 0.444 e. The van der Waals surface area contributed by atoms with Gasteiger partial charge in [0.15, 0.2) is 0 Å². The first-order valence-electron chi connectivity index (χ1n) is 18.7. The predicted molar refractivity (Wildman–Crippen MR) is 194 cm³/mol. The Morgan fingerprint density at radius 1 is 1.02 bits per heavy atom. The van der Waals surface area contributed by atoms with Crippen molar-refractivity contribution in [3.63, 3.8) is 0 Å². The zero-order valence-electron chi connectivity index (χ0n) is 30.7. The second-order valence-corrected chi connectivity index (χ2v) is 15.5. The van der Waals surface area contributed by atoms with E-state index in [1.165, 1.54) is 15.9 Å². The van der Waals surface area contributed by atoms with E-state index < -0.39 is 59.1 Å². The molecule has 0 spiro atoms. The Hall–Kier alpha value is -4.94. The summed E-state index contributed by atoms with van der Waals surface area (Å²) in [5, 5.41) is 8.75. The average Bonchev–Trinajstić information content (AvgIpc) is 3.40. The van der Waals surface area contributed by atoms with Crippen LogP contribution in [0, 0.1) is 11.7 Å². The fraction of sp³-hybridized carbons (Fsp3) is 0.525. The average molecular weight is 732 g/mol. The normalized spacial score (nSPS) is 25.9. The van der Waals surface area contributed by atoms with E-state index in [0.29, 0.717) is 43.4 Å². The summed E-state index contributed by atoms with van der Waals surface area (Å²) in [7, 11) is 0. The Kier molecular flexibility index (Phi) is 11.4. The highest BCUT2D eigenvalue weighted by atomic mass is 19.1. The first-order valence-corrected chi connectivity index (χ1v) is 18.7. The molecule has 4 unspecified atom stereocenters. The minimum atomic E-state index is -1.20. The van der Waals surface area contributed by atoms with Crippen molar-refractivity contribution in [2.45, 2.75) is 115 Å². The molecule has 1 saturated heterocycles. The van der Waals surface area contributed by atoms with Crippen molar-refractivity contribution < 1.29 is 37.8 Å². The zero-order valence-corrected chi connectivity index (χ0v) is 30.7. The first-order chi connectivity index (χ1) is 25.3. The lowest BCUT2D eigenvalue weighted by atomic mass is 10.0. The summed E-state index contributed by atoms with van der Waals surface area (Å²) >= 11 is 0. The van der Waals surface area contributed by atoms with Crippen LogP contribution in [0.2, 0.25) is 0 Å². The Bertz CT molecular complexity index is 1730.